The SMILES string of the molecule is Cc1[nH]c2ccccc2c1CCCNSc1ccc(OCCCN2CCN(C)CC2)cc1. The van der Waals surface area contributed by atoms with Crippen LogP contribution in [-0.2, 0) is 6.42 Å². The molecule has 0 saturated carbocycles. The Hall–Kier alpha value is -1.99. The maximum Gasteiger partial charge on any atom is 0.119 e. The summed E-state index contributed by atoms with van der Waals surface area (Å²) in [5.74, 6) is 0.961. The first kappa shape index (κ1) is 23.2. The number of H-pyrrole nitrogens is 1. The largest absolute Gasteiger partial charge is 0.494 e. The van der Waals surface area contributed by atoms with Crippen LogP contribution in [0.25, 0.3) is 10.9 Å². The van der Waals surface area contributed by atoms with Gasteiger partial charge >= 0.3 is 0 Å². The second-order valence-corrected chi connectivity index (χ2v) is 9.66. The average Bonchev–Trinajstić information content (AvgIpc) is 3.13. The molecule has 0 amide bonds. The third kappa shape index (κ3) is 6.51. The van der Waals surface area contributed by atoms with Gasteiger partial charge in [0.25, 0.3) is 0 Å². The number of benzene rings is 2. The van der Waals surface area contributed by atoms with E-state index in [9.17, 15) is 0 Å². The summed E-state index contributed by atoms with van der Waals surface area (Å²) >= 11 is 1.70. The number of aryl methyl sites for hydroxylation is 2. The molecule has 2 aromatic carbocycles. The lowest BCUT2D eigenvalue weighted by atomic mass is 10.1. The highest BCUT2D eigenvalue weighted by atomic mass is 32.2. The number of aromatic amines is 1. The molecule has 2 heterocycles. The molecule has 4 rings (SSSR count). The molecule has 0 atom stereocenters. The number of hydrogen-bond donors (Lipinski definition) is 2. The van der Waals surface area contributed by atoms with Gasteiger partial charge in [-0.3, -0.25) is 4.72 Å². The first-order chi connectivity index (χ1) is 15.7. The predicted molar refractivity (Wildman–Crippen MR) is 136 cm³/mol. The number of ether oxygens (including phenoxy) is 1. The number of aromatic nitrogens is 1. The van der Waals surface area contributed by atoms with Gasteiger partial charge in [0.05, 0.1) is 6.61 Å². The number of hydrogen-bond acceptors (Lipinski definition) is 5. The van der Waals surface area contributed by atoms with Crippen LogP contribution in [0, 0.1) is 6.92 Å². The molecule has 1 aromatic heterocycles. The minimum atomic E-state index is 0.782. The van der Waals surface area contributed by atoms with E-state index in [4.69, 9.17) is 4.74 Å². The Labute approximate surface area is 196 Å². The Balaban J connectivity index is 1.10. The Morgan fingerprint density at radius 2 is 1.78 bits per heavy atom. The van der Waals surface area contributed by atoms with Crippen LogP contribution in [0.4, 0.5) is 0 Å². The van der Waals surface area contributed by atoms with E-state index in [1.165, 1.54) is 53.2 Å². The van der Waals surface area contributed by atoms with Crippen molar-refractivity contribution in [2.45, 2.75) is 31.1 Å². The smallest absolute Gasteiger partial charge is 0.119 e. The molecule has 1 saturated heterocycles. The molecule has 3 aromatic rings. The minimum absolute atomic E-state index is 0.782. The number of piperazine rings is 1. The molecule has 0 spiro atoms. The molecule has 0 radical (unpaired) electrons. The summed E-state index contributed by atoms with van der Waals surface area (Å²) in [5.41, 5.74) is 3.98. The maximum atomic E-state index is 5.93. The van der Waals surface area contributed by atoms with Gasteiger partial charge in [0, 0.05) is 60.8 Å². The second-order valence-electron chi connectivity index (χ2n) is 8.69. The molecule has 2 N–H and O–H groups in total. The minimum Gasteiger partial charge on any atom is -0.494 e. The van der Waals surface area contributed by atoms with Crippen LogP contribution in [0.1, 0.15) is 24.1 Å². The van der Waals surface area contributed by atoms with Crippen LogP contribution in [0.5, 0.6) is 5.75 Å². The van der Waals surface area contributed by atoms with Crippen molar-refractivity contribution in [3.63, 3.8) is 0 Å². The van der Waals surface area contributed by atoms with E-state index in [1.807, 2.05) is 0 Å². The third-order valence-electron chi connectivity index (χ3n) is 6.23. The Morgan fingerprint density at radius 3 is 2.59 bits per heavy atom. The normalized spacial score (nSPS) is 15.4. The van der Waals surface area contributed by atoms with E-state index < -0.39 is 0 Å². The van der Waals surface area contributed by atoms with Crippen molar-refractivity contribution in [2.24, 2.45) is 0 Å². The first-order valence-electron chi connectivity index (χ1n) is 11.8. The van der Waals surface area contributed by atoms with Crippen molar-refractivity contribution in [3.8, 4) is 5.75 Å². The molecule has 0 unspecified atom stereocenters. The summed E-state index contributed by atoms with van der Waals surface area (Å²) in [6.07, 6.45) is 3.28. The number of nitrogens with one attached hydrogen (secondary N) is 2. The van der Waals surface area contributed by atoms with Crippen molar-refractivity contribution in [1.82, 2.24) is 19.5 Å². The molecule has 172 valence electrons. The molecule has 0 aliphatic carbocycles. The molecule has 1 aliphatic heterocycles. The summed E-state index contributed by atoms with van der Waals surface area (Å²) in [5, 5.41) is 1.36. The van der Waals surface area contributed by atoms with Crippen molar-refractivity contribution >= 4 is 22.9 Å². The number of likely N-dealkylation sites (N-methyl/N-ethyl adjacent to an activating group) is 1. The lowest BCUT2D eigenvalue weighted by Crippen LogP contribution is -2.44. The Morgan fingerprint density at radius 1 is 1.00 bits per heavy atom. The molecule has 5 nitrogen and oxygen atoms in total. The number of rotatable bonds is 11. The fourth-order valence-corrected chi connectivity index (χ4v) is 4.97. The van der Waals surface area contributed by atoms with Crippen LogP contribution >= 0.6 is 11.9 Å². The Bertz CT molecular complexity index is 964. The van der Waals surface area contributed by atoms with E-state index in [0.29, 0.717) is 0 Å². The third-order valence-corrected chi connectivity index (χ3v) is 7.09. The van der Waals surface area contributed by atoms with E-state index in [1.54, 1.807) is 11.9 Å². The van der Waals surface area contributed by atoms with Crippen LogP contribution < -0.4 is 9.46 Å². The second kappa shape index (κ2) is 11.8. The summed E-state index contributed by atoms with van der Waals surface area (Å²) in [7, 11) is 2.20. The van der Waals surface area contributed by atoms with Gasteiger partial charge in [-0.05, 0) is 81.1 Å². The van der Waals surface area contributed by atoms with E-state index in [-0.39, 0.29) is 0 Å². The Kier molecular flexibility index (Phi) is 8.51. The molecular weight excluding hydrogens is 416 g/mol. The summed E-state index contributed by atoms with van der Waals surface area (Å²) in [4.78, 5) is 9.65. The van der Waals surface area contributed by atoms with Crippen molar-refractivity contribution < 1.29 is 4.74 Å². The highest BCUT2D eigenvalue weighted by Gasteiger charge is 2.12. The van der Waals surface area contributed by atoms with Crippen LogP contribution in [-0.4, -0.2) is 67.7 Å². The van der Waals surface area contributed by atoms with Crippen molar-refractivity contribution in [1.29, 1.82) is 0 Å². The van der Waals surface area contributed by atoms with Gasteiger partial charge in [-0.1, -0.05) is 18.2 Å². The van der Waals surface area contributed by atoms with E-state index in [0.717, 1.165) is 44.7 Å². The number of fused-ring (bicyclic) bond motifs is 1. The number of nitrogens with zero attached hydrogens (tertiary/aromatic N) is 2. The van der Waals surface area contributed by atoms with Crippen LogP contribution in [0.2, 0.25) is 0 Å². The van der Waals surface area contributed by atoms with Gasteiger partial charge < -0.3 is 19.5 Å². The lowest BCUT2D eigenvalue weighted by molar-refractivity contribution is 0.145. The molecule has 1 aliphatic rings. The van der Waals surface area contributed by atoms with Crippen LogP contribution in [0.3, 0.4) is 0 Å². The number of para-hydroxylation sites is 1. The van der Waals surface area contributed by atoms with Gasteiger partial charge in [-0.25, -0.2) is 0 Å². The zero-order chi connectivity index (χ0) is 22.2. The lowest BCUT2D eigenvalue weighted by Gasteiger charge is -2.32. The predicted octanol–water partition coefficient (Wildman–Crippen LogP) is 4.72. The van der Waals surface area contributed by atoms with Gasteiger partial charge in [0.2, 0.25) is 0 Å². The first-order valence-corrected chi connectivity index (χ1v) is 12.6. The average molecular weight is 453 g/mol. The molecule has 1 fully saturated rings. The van der Waals surface area contributed by atoms with Gasteiger partial charge in [-0.2, -0.15) is 0 Å². The standard InChI is InChI=1S/C26H36N4OS/c1-21-24(25-7-3-4-9-26(25)28-21)8-5-14-27-32-23-12-10-22(11-13-23)31-20-6-15-30-18-16-29(2)17-19-30/h3-4,7,9-13,27-28H,5-6,8,14-20H2,1-2H3. The molecule has 32 heavy (non-hydrogen) atoms. The molecule has 6 heteroatoms. The summed E-state index contributed by atoms with van der Waals surface area (Å²) in [6.45, 7) is 9.77. The zero-order valence-corrected chi connectivity index (χ0v) is 20.2. The molecular formula is C26H36N4OS. The highest BCUT2D eigenvalue weighted by molar-refractivity contribution is 7.97. The van der Waals surface area contributed by atoms with Crippen LogP contribution in [0.15, 0.2) is 53.4 Å². The summed E-state index contributed by atoms with van der Waals surface area (Å²) < 4.78 is 9.43. The van der Waals surface area contributed by atoms with E-state index in [2.05, 4.69) is 82.0 Å². The zero-order valence-electron chi connectivity index (χ0n) is 19.4. The highest BCUT2D eigenvalue weighted by Crippen LogP contribution is 2.23. The molecule has 0 bridgehead atoms. The fourth-order valence-electron chi connectivity index (χ4n) is 4.28. The monoisotopic (exact) mass is 452 g/mol. The van der Waals surface area contributed by atoms with Gasteiger partial charge in [0.15, 0.2) is 0 Å². The van der Waals surface area contributed by atoms with Gasteiger partial charge in [-0.15, -0.1) is 0 Å². The fraction of sp³-hybridized carbons (Fsp3) is 0.462. The topological polar surface area (TPSA) is 43.5 Å². The van der Waals surface area contributed by atoms with Crippen molar-refractivity contribution in [3.05, 3.63) is 59.8 Å². The van der Waals surface area contributed by atoms with E-state index >= 15 is 0 Å². The maximum absolute atomic E-state index is 5.93. The van der Waals surface area contributed by atoms with Crippen molar-refractivity contribution in [2.75, 3.05) is 52.9 Å². The summed E-state index contributed by atoms with van der Waals surface area (Å²) in [6, 6.07) is 17.0. The van der Waals surface area contributed by atoms with Gasteiger partial charge in [0.1, 0.15) is 5.75 Å². The quantitative estimate of drug-likeness (QED) is 0.325.